The Kier molecular flexibility index (Phi) is 6.42. The first-order valence-electron chi connectivity index (χ1n) is 7.48. The molecule has 1 aliphatic carbocycles. The lowest BCUT2D eigenvalue weighted by Crippen LogP contribution is -2.36. The lowest BCUT2D eigenvalue weighted by atomic mass is 9.92. The van der Waals surface area contributed by atoms with Crippen LogP contribution in [0.5, 0.6) is 5.75 Å². The summed E-state index contributed by atoms with van der Waals surface area (Å²) < 4.78 is 5.81. The molecule has 2 aliphatic rings. The summed E-state index contributed by atoms with van der Waals surface area (Å²) in [5.74, 6) is 1.93. The molecule has 5 heteroatoms. The van der Waals surface area contributed by atoms with E-state index >= 15 is 0 Å². The molecule has 0 bridgehead atoms. The number of amidine groups is 1. The number of halogens is 1. The van der Waals surface area contributed by atoms with E-state index in [2.05, 4.69) is 18.3 Å². The van der Waals surface area contributed by atoms with Gasteiger partial charge in [-0.15, -0.1) is 17.0 Å². The second-order valence-electron chi connectivity index (χ2n) is 5.50. The Morgan fingerprint density at radius 3 is 2.90 bits per heavy atom. The summed E-state index contributed by atoms with van der Waals surface area (Å²) in [6.07, 6.45) is 5.21. The molecule has 3 rings (SSSR count). The molecule has 0 radical (unpaired) electrons. The van der Waals surface area contributed by atoms with Gasteiger partial charge in [0.15, 0.2) is 5.17 Å². The number of nitrogens with zero attached hydrogens (tertiary/aromatic N) is 1. The van der Waals surface area contributed by atoms with E-state index in [0.29, 0.717) is 12.1 Å². The van der Waals surface area contributed by atoms with Crippen molar-refractivity contribution in [1.29, 1.82) is 0 Å². The van der Waals surface area contributed by atoms with Crippen LogP contribution in [-0.2, 0) is 0 Å². The van der Waals surface area contributed by atoms with Crippen molar-refractivity contribution in [3.05, 3.63) is 29.8 Å². The van der Waals surface area contributed by atoms with Crippen molar-refractivity contribution in [3.8, 4) is 5.75 Å². The molecule has 0 spiro atoms. The van der Waals surface area contributed by atoms with Crippen LogP contribution in [0.25, 0.3) is 0 Å². The topological polar surface area (TPSA) is 33.6 Å². The molecule has 1 aromatic carbocycles. The second kappa shape index (κ2) is 8.08. The molecule has 1 N–H and O–H groups in total. The molecular weight excluding hydrogens is 348 g/mol. The maximum atomic E-state index is 5.81. The van der Waals surface area contributed by atoms with Crippen LogP contribution in [0.3, 0.4) is 0 Å². The van der Waals surface area contributed by atoms with Gasteiger partial charge in [-0.1, -0.05) is 42.8 Å². The summed E-state index contributed by atoms with van der Waals surface area (Å²) in [6.45, 7) is 2.81. The quantitative estimate of drug-likeness (QED) is 0.814. The molecule has 1 aromatic rings. The third-order valence-electron chi connectivity index (χ3n) is 3.99. The average molecular weight is 371 g/mol. The first kappa shape index (κ1) is 16.7. The summed E-state index contributed by atoms with van der Waals surface area (Å²) in [5, 5.41) is 4.68. The van der Waals surface area contributed by atoms with Crippen LogP contribution in [-0.4, -0.2) is 29.6 Å². The van der Waals surface area contributed by atoms with Gasteiger partial charge in [-0.05, 0) is 31.4 Å². The van der Waals surface area contributed by atoms with Crippen molar-refractivity contribution in [2.75, 3.05) is 12.4 Å². The van der Waals surface area contributed by atoms with Crippen LogP contribution in [0.15, 0.2) is 29.3 Å². The number of ether oxygens (including phenoxy) is 1. The predicted octanol–water partition coefficient (Wildman–Crippen LogP) is 3.96. The number of para-hydroxylation sites is 1. The van der Waals surface area contributed by atoms with Crippen LogP contribution in [0.1, 0.15) is 31.2 Å². The largest absolute Gasteiger partial charge is 0.492 e. The number of hydrogen-bond acceptors (Lipinski definition) is 4. The molecule has 2 atom stereocenters. The van der Waals surface area contributed by atoms with E-state index in [0.717, 1.165) is 23.3 Å². The molecule has 1 aliphatic heterocycles. The second-order valence-corrected chi connectivity index (χ2v) is 6.58. The zero-order chi connectivity index (χ0) is 13.8. The summed E-state index contributed by atoms with van der Waals surface area (Å²) >= 11 is 1.79. The van der Waals surface area contributed by atoms with E-state index < -0.39 is 0 Å². The van der Waals surface area contributed by atoms with Crippen LogP contribution < -0.4 is 10.1 Å². The summed E-state index contributed by atoms with van der Waals surface area (Å²) in [6, 6.07) is 9.29. The highest BCUT2D eigenvalue weighted by atomic mass is 79.9. The Balaban J connectivity index is 0.00000161. The van der Waals surface area contributed by atoms with Gasteiger partial charge in [0.1, 0.15) is 5.75 Å². The number of aryl methyl sites for hydroxylation is 1. The fourth-order valence-electron chi connectivity index (χ4n) is 2.87. The third-order valence-corrected chi connectivity index (χ3v) is 4.86. The SMILES string of the molecule is Br.Cc1ccccc1OCCSC1=NC2CCCCC2N1. The monoisotopic (exact) mass is 370 g/mol. The smallest absolute Gasteiger partial charge is 0.157 e. The first-order chi connectivity index (χ1) is 9.83. The first-order valence-corrected chi connectivity index (χ1v) is 8.47. The Labute approximate surface area is 141 Å². The van der Waals surface area contributed by atoms with Crippen molar-refractivity contribution < 1.29 is 4.74 Å². The van der Waals surface area contributed by atoms with Crippen LogP contribution >= 0.6 is 28.7 Å². The highest BCUT2D eigenvalue weighted by Gasteiger charge is 2.30. The minimum atomic E-state index is 0. The fourth-order valence-corrected chi connectivity index (χ4v) is 3.67. The normalized spacial score (nSPS) is 23.6. The van der Waals surface area contributed by atoms with Gasteiger partial charge >= 0.3 is 0 Å². The molecule has 21 heavy (non-hydrogen) atoms. The molecule has 1 saturated carbocycles. The number of hydrogen-bond donors (Lipinski definition) is 1. The van der Waals surface area contributed by atoms with E-state index in [1.54, 1.807) is 11.8 Å². The molecule has 1 fully saturated rings. The fraction of sp³-hybridized carbons (Fsp3) is 0.562. The molecule has 116 valence electrons. The molecule has 3 nitrogen and oxygen atoms in total. The van der Waals surface area contributed by atoms with Crippen molar-refractivity contribution >= 4 is 33.9 Å². The van der Waals surface area contributed by atoms with E-state index in [4.69, 9.17) is 9.73 Å². The maximum Gasteiger partial charge on any atom is 0.157 e. The average Bonchev–Trinajstić information content (AvgIpc) is 2.88. The summed E-state index contributed by atoms with van der Waals surface area (Å²) in [5.41, 5.74) is 1.19. The van der Waals surface area contributed by atoms with E-state index in [-0.39, 0.29) is 17.0 Å². The van der Waals surface area contributed by atoms with E-state index in [1.807, 2.05) is 18.2 Å². The van der Waals surface area contributed by atoms with Gasteiger partial charge in [-0.3, -0.25) is 4.99 Å². The zero-order valence-electron chi connectivity index (χ0n) is 12.4. The van der Waals surface area contributed by atoms with Gasteiger partial charge in [0.05, 0.1) is 18.7 Å². The number of fused-ring (bicyclic) bond motifs is 1. The van der Waals surface area contributed by atoms with Crippen LogP contribution in [0, 0.1) is 6.92 Å². The molecular formula is C16H23BrN2OS. The van der Waals surface area contributed by atoms with Gasteiger partial charge in [0.2, 0.25) is 0 Å². The van der Waals surface area contributed by atoms with Crippen molar-refractivity contribution in [2.24, 2.45) is 4.99 Å². The van der Waals surface area contributed by atoms with Crippen LogP contribution in [0.4, 0.5) is 0 Å². The highest BCUT2D eigenvalue weighted by molar-refractivity contribution is 8.93. The van der Waals surface area contributed by atoms with Gasteiger partial charge in [-0.2, -0.15) is 0 Å². The Morgan fingerprint density at radius 2 is 2.10 bits per heavy atom. The molecule has 0 amide bonds. The van der Waals surface area contributed by atoms with Crippen molar-refractivity contribution in [1.82, 2.24) is 5.32 Å². The van der Waals surface area contributed by atoms with Gasteiger partial charge in [0.25, 0.3) is 0 Å². The highest BCUT2D eigenvalue weighted by Crippen LogP contribution is 2.27. The number of rotatable bonds is 4. The minimum Gasteiger partial charge on any atom is -0.492 e. The van der Waals surface area contributed by atoms with Crippen molar-refractivity contribution in [2.45, 2.75) is 44.7 Å². The molecule has 0 saturated heterocycles. The number of thioether (sulfide) groups is 1. The molecule has 2 unspecified atom stereocenters. The van der Waals surface area contributed by atoms with Crippen LogP contribution in [0.2, 0.25) is 0 Å². The molecule has 1 heterocycles. The summed E-state index contributed by atoms with van der Waals surface area (Å²) in [4.78, 5) is 4.79. The number of benzene rings is 1. The maximum absolute atomic E-state index is 5.81. The minimum absolute atomic E-state index is 0. The van der Waals surface area contributed by atoms with E-state index in [1.165, 1.54) is 31.2 Å². The van der Waals surface area contributed by atoms with Gasteiger partial charge in [0, 0.05) is 5.75 Å². The van der Waals surface area contributed by atoms with Crippen molar-refractivity contribution in [3.63, 3.8) is 0 Å². The lowest BCUT2D eigenvalue weighted by molar-refractivity contribution is 0.342. The number of nitrogens with one attached hydrogen (secondary N) is 1. The number of aliphatic imine (C=N–C) groups is 1. The predicted molar refractivity (Wildman–Crippen MR) is 96.1 cm³/mol. The Bertz CT molecular complexity index is 495. The Hall–Kier alpha value is -0.680. The van der Waals surface area contributed by atoms with Gasteiger partial charge in [-0.25, -0.2) is 0 Å². The van der Waals surface area contributed by atoms with Gasteiger partial charge < -0.3 is 10.1 Å². The van der Waals surface area contributed by atoms with E-state index in [9.17, 15) is 0 Å². The molecule has 0 aromatic heterocycles. The zero-order valence-corrected chi connectivity index (χ0v) is 14.9. The Morgan fingerprint density at radius 1 is 1.29 bits per heavy atom. The summed E-state index contributed by atoms with van der Waals surface area (Å²) in [7, 11) is 0. The third kappa shape index (κ3) is 4.39. The lowest BCUT2D eigenvalue weighted by Gasteiger charge is -2.23. The standard InChI is InChI=1S/C16H22N2OS.BrH/c1-12-6-2-5-9-15(12)19-10-11-20-16-17-13-7-3-4-8-14(13)18-16;/h2,5-6,9,13-14H,3-4,7-8,10-11H2,1H3,(H,17,18);1H.